The maximum Gasteiger partial charge on any atom is 0.352 e. The first-order valence-corrected chi connectivity index (χ1v) is 7.28. The fourth-order valence-electron chi connectivity index (χ4n) is 1.65. The molecule has 0 saturated carbocycles. The van der Waals surface area contributed by atoms with Crippen LogP contribution in [0.2, 0.25) is 5.02 Å². The molecular weight excluding hydrogens is 315 g/mol. The Kier molecular flexibility index (Phi) is 4.20. The number of anilines is 1. The first-order chi connectivity index (χ1) is 9.70. The van der Waals surface area contributed by atoms with Gasteiger partial charge in [-0.05, 0) is 44.4 Å². The highest BCUT2D eigenvalue weighted by molar-refractivity contribution is 7.09. The summed E-state index contributed by atoms with van der Waals surface area (Å²) in [7, 11) is 0. The van der Waals surface area contributed by atoms with Crippen LogP contribution in [0.25, 0.3) is 11.3 Å². The van der Waals surface area contributed by atoms with Crippen LogP contribution in [0.5, 0.6) is 0 Å². The number of halogens is 2. The van der Waals surface area contributed by atoms with Gasteiger partial charge in [0.25, 0.3) is 0 Å². The molecule has 0 aliphatic heterocycles. The summed E-state index contributed by atoms with van der Waals surface area (Å²) in [5.74, 6) is -1.20. The Morgan fingerprint density at radius 1 is 1.43 bits per heavy atom. The average molecular weight is 329 g/mol. The largest absolute Gasteiger partial charge is 0.456 e. The van der Waals surface area contributed by atoms with Crippen molar-refractivity contribution in [1.29, 1.82) is 0 Å². The molecule has 1 aromatic carbocycles. The Bertz CT molecular complexity index is 695. The standard InChI is InChI=1S/C14H14ClFN2O2S/c1-14(2,3)20-13(19)12-10(17)11(18-21-12)7-5-4-6-8(15)9(7)16/h4-6H,17H2,1-3H3. The van der Waals surface area contributed by atoms with Gasteiger partial charge in [-0.25, -0.2) is 9.18 Å². The van der Waals surface area contributed by atoms with Gasteiger partial charge in [0.05, 0.1) is 10.7 Å². The van der Waals surface area contributed by atoms with Gasteiger partial charge in [-0.15, -0.1) is 0 Å². The number of nitrogens with zero attached hydrogens (tertiary/aromatic N) is 1. The third kappa shape index (κ3) is 3.33. The van der Waals surface area contributed by atoms with E-state index in [0.717, 1.165) is 11.5 Å². The highest BCUT2D eigenvalue weighted by Crippen LogP contribution is 2.35. The van der Waals surface area contributed by atoms with E-state index >= 15 is 0 Å². The van der Waals surface area contributed by atoms with E-state index in [-0.39, 0.29) is 26.8 Å². The molecule has 2 aromatic rings. The number of carbonyl (C=O) groups is 1. The molecule has 112 valence electrons. The first-order valence-electron chi connectivity index (χ1n) is 6.13. The summed E-state index contributed by atoms with van der Waals surface area (Å²) in [5, 5.41) is -0.0290. The zero-order valence-electron chi connectivity index (χ0n) is 11.7. The lowest BCUT2D eigenvalue weighted by Crippen LogP contribution is -2.23. The number of nitrogen functional groups attached to an aromatic ring is 1. The lowest BCUT2D eigenvalue weighted by molar-refractivity contribution is 0.00764. The summed E-state index contributed by atoms with van der Waals surface area (Å²) >= 11 is 6.62. The molecule has 7 heteroatoms. The summed E-state index contributed by atoms with van der Waals surface area (Å²) in [5.41, 5.74) is 5.71. The van der Waals surface area contributed by atoms with Gasteiger partial charge in [-0.1, -0.05) is 17.7 Å². The molecule has 0 spiro atoms. The van der Waals surface area contributed by atoms with Gasteiger partial charge in [-0.3, -0.25) is 0 Å². The second-order valence-corrected chi connectivity index (χ2v) is 6.56. The van der Waals surface area contributed by atoms with Crippen molar-refractivity contribution >= 4 is 34.8 Å². The van der Waals surface area contributed by atoms with E-state index in [2.05, 4.69) is 4.37 Å². The minimum Gasteiger partial charge on any atom is -0.456 e. The SMILES string of the molecule is CC(C)(C)OC(=O)c1snc(-c2cccc(Cl)c2F)c1N. The fraction of sp³-hybridized carbons (Fsp3) is 0.286. The minimum atomic E-state index is -0.644. The molecule has 0 saturated heterocycles. The summed E-state index contributed by atoms with van der Waals surface area (Å²) < 4.78 is 23.3. The van der Waals surface area contributed by atoms with Gasteiger partial charge < -0.3 is 10.5 Å². The first kappa shape index (κ1) is 15.7. The number of ether oxygens (including phenoxy) is 1. The van der Waals surface area contributed by atoms with Crippen LogP contribution in [0.4, 0.5) is 10.1 Å². The molecule has 0 fully saturated rings. The molecule has 2 rings (SSSR count). The molecule has 2 N–H and O–H groups in total. The Morgan fingerprint density at radius 3 is 2.71 bits per heavy atom. The summed E-state index contributed by atoms with van der Waals surface area (Å²) in [6, 6.07) is 4.52. The molecule has 1 aromatic heterocycles. The lowest BCUT2D eigenvalue weighted by atomic mass is 10.1. The van der Waals surface area contributed by atoms with Gasteiger partial charge >= 0.3 is 5.97 Å². The Labute approximate surface area is 130 Å². The van der Waals surface area contributed by atoms with Crippen molar-refractivity contribution in [2.24, 2.45) is 0 Å². The predicted molar refractivity (Wildman–Crippen MR) is 82.1 cm³/mol. The topological polar surface area (TPSA) is 65.2 Å². The smallest absolute Gasteiger partial charge is 0.352 e. The fourth-order valence-corrected chi connectivity index (χ4v) is 2.51. The van der Waals surface area contributed by atoms with Gasteiger partial charge in [0.15, 0.2) is 10.7 Å². The van der Waals surface area contributed by atoms with Crippen molar-refractivity contribution in [2.45, 2.75) is 26.4 Å². The summed E-state index contributed by atoms with van der Waals surface area (Å²) in [4.78, 5) is 12.2. The lowest BCUT2D eigenvalue weighted by Gasteiger charge is -2.18. The normalized spacial score (nSPS) is 11.5. The van der Waals surface area contributed by atoms with E-state index in [1.165, 1.54) is 12.1 Å². The molecule has 0 bridgehead atoms. The number of carbonyl (C=O) groups excluding carboxylic acids is 1. The van der Waals surface area contributed by atoms with Gasteiger partial charge in [0.1, 0.15) is 11.3 Å². The quantitative estimate of drug-likeness (QED) is 0.841. The van der Waals surface area contributed by atoms with Crippen molar-refractivity contribution < 1.29 is 13.9 Å². The molecular formula is C14H14ClFN2O2S. The van der Waals surface area contributed by atoms with Crippen LogP contribution in [-0.2, 0) is 4.74 Å². The third-order valence-corrected chi connectivity index (χ3v) is 3.65. The van der Waals surface area contributed by atoms with Crippen molar-refractivity contribution in [3.05, 3.63) is 33.9 Å². The van der Waals surface area contributed by atoms with E-state index in [1.54, 1.807) is 26.8 Å². The number of hydrogen-bond donors (Lipinski definition) is 1. The third-order valence-electron chi connectivity index (χ3n) is 2.52. The second kappa shape index (κ2) is 5.61. The highest BCUT2D eigenvalue weighted by atomic mass is 35.5. The van der Waals surface area contributed by atoms with E-state index in [1.807, 2.05) is 0 Å². The molecule has 0 radical (unpaired) electrons. The van der Waals surface area contributed by atoms with E-state index < -0.39 is 17.4 Å². The van der Waals surface area contributed by atoms with Crippen LogP contribution in [0, 0.1) is 5.82 Å². The highest BCUT2D eigenvalue weighted by Gasteiger charge is 2.25. The van der Waals surface area contributed by atoms with E-state index in [4.69, 9.17) is 22.1 Å². The number of esters is 1. The summed E-state index contributed by atoms with van der Waals surface area (Å²) in [6.07, 6.45) is 0. The monoisotopic (exact) mass is 328 g/mol. The number of benzene rings is 1. The van der Waals surface area contributed by atoms with Crippen LogP contribution in [-0.4, -0.2) is 15.9 Å². The van der Waals surface area contributed by atoms with Gasteiger partial charge in [-0.2, -0.15) is 4.37 Å². The zero-order chi connectivity index (χ0) is 15.8. The van der Waals surface area contributed by atoms with Crippen LogP contribution in [0.15, 0.2) is 18.2 Å². The second-order valence-electron chi connectivity index (χ2n) is 5.38. The molecule has 0 atom stereocenters. The Balaban J connectivity index is 2.42. The number of nitrogens with two attached hydrogens (primary N) is 1. The molecule has 0 aliphatic carbocycles. The summed E-state index contributed by atoms with van der Waals surface area (Å²) in [6.45, 7) is 5.25. The minimum absolute atomic E-state index is 0.0290. The molecule has 0 aliphatic rings. The van der Waals surface area contributed by atoms with Crippen molar-refractivity contribution in [2.75, 3.05) is 5.73 Å². The molecule has 1 heterocycles. The Hall–Kier alpha value is -1.66. The number of aromatic nitrogens is 1. The zero-order valence-corrected chi connectivity index (χ0v) is 13.3. The molecule has 4 nitrogen and oxygen atoms in total. The number of hydrogen-bond acceptors (Lipinski definition) is 5. The molecule has 21 heavy (non-hydrogen) atoms. The maximum absolute atomic E-state index is 14.0. The van der Waals surface area contributed by atoms with Crippen LogP contribution in [0.1, 0.15) is 30.4 Å². The number of rotatable bonds is 2. The van der Waals surface area contributed by atoms with E-state index in [9.17, 15) is 9.18 Å². The van der Waals surface area contributed by atoms with Crippen LogP contribution in [0.3, 0.4) is 0 Å². The predicted octanol–water partition coefficient (Wildman–Crippen LogP) is 4.14. The molecule has 0 amide bonds. The van der Waals surface area contributed by atoms with Crippen LogP contribution < -0.4 is 5.73 Å². The molecule has 0 unspecified atom stereocenters. The van der Waals surface area contributed by atoms with E-state index in [0.29, 0.717) is 0 Å². The van der Waals surface area contributed by atoms with Gasteiger partial charge in [0.2, 0.25) is 0 Å². The van der Waals surface area contributed by atoms with Crippen molar-refractivity contribution in [1.82, 2.24) is 4.37 Å². The maximum atomic E-state index is 14.0. The average Bonchev–Trinajstić information content (AvgIpc) is 2.73. The van der Waals surface area contributed by atoms with Crippen molar-refractivity contribution in [3.63, 3.8) is 0 Å². The van der Waals surface area contributed by atoms with Gasteiger partial charge in [0, 0.05) is 5.56 Å². The Morgan fingerprint density at radius 2 is 2.10 bits per heavy atom. The van der Waals surface area contributed by atoms with Crippen molar-refractivity contribution in [3.8, 4) is 11.3 Å². The van der Waals surface area contributed by atoms with Crippen LogP contribution >= 0.6 is 23.1 Å².